The Morgan fingerprint density at radius 3 is 2.63 bits per heavy atom. The fourth-order valence-corrected chi connectivity index (χ4v) is 1.42. The van der Waals surface area contributed by atoms with Gasteiger partial charge in [-0.1, -0.05) is 27.7 Å². The highest BCUT2D eigenvalue weighted by Crippen LogP contribution is 2.25. The van der Waals surface area contributed by atoms with E-state index in [0.29, 0.717) is 18.3 Å². The first kappa shape index (κ1) is 15.4. The maximum Gasteiger partial charge on any atom is 0.255 e. The van der Waals surface area contributed by atoms with Crippen LogP contribution in [0.25, 0.3) is 0 Å². The molecule has 4 nitrogen and oxygen atoms in total. The first-order valence-corrected chi connectivity index (χ1v) is 6.39. The number of aromatic nitrogens is 1. The first-order valence-electron chi connectivity index (χ1n) is 6.39. The molecule has 1 aromatic heterocycles. The summed E-state index contributed by atoms with van der Waals surface area (Å²) in [6.45, 7) is 8.91. The van der Waals surface area contributed by atoms with E-state index in [1.807, 2.05) is 0 Å². The van der Waals surface area contributed by atoms with Gasteiger partial charge in [-0.15, -0.1) is 0 Å². The molecule has 0 bridgehead atoms. The standard InChI is InChI=1S/C14H22FN3O/c1-9(2)14(3,4)8-18-13(19)11-6-10(15)7-17-12(11)16-5/h6-7,9H,8H2,1-5H3,(H,16,17)(H,18,19). The Morgan fingerprint density at radius 2 is 2.11 bits per heavy atom. The van der Waals surface area contributed by atoms with E-state index >= 15 is 0 Å². The lowest BCUT2D eigenvalue weighted by atomic mass is 9.81. The summed E-state index contributed by atoms with van der Waals surface area (Å²) in [6, 6.07) is 1.19. The predicted octanol–water partition coefficient (Wildman–Crippen LogP) is 2.67. The van der Waals surface area contributed by atoms with Crippen LogP contribution in [0.5, 0.6) is 0 Å². The molecule has 106 valence electrons. The third-order valence-corrected chi connectivity index (χ3v) is 3.60. The van der Waals surface area contributed by atoms with Crippen LogP contribution in [0.15, 0.2) is 12.3 Å². The Bertz CT molecular complexity index is 458. The van der Waals surface area contributed by atoms with E-state index in [-0.39, 0.29) is 16.9 Å². The first-order chi connectivity index (χ1) is 8.77. The van der Waals surface area contributed by atoms with Crippen LogP contribution in [0.1, 0.15) is 38.1 Å². The molecule has 5 heteroatoms. The zero-order chi connectivity index (χ0) is 14.6. The Morgan fingerprint density at radius 1 is 1.47 bits per heavy atom. The van der Waals surface area contributed by atoms with E-state index in [2.05, 4.69) is 43.3 Å². The van der Waals surface area contributed by atoms with Crippen molar-refractivity contribution in [1.29, 1.82) is 0 Å². The molecule has 0 aromatic carbocycles. The minimum atomic E-state index is -0.521. The van der Waals surface area contributed by atoms with Gasteiger partial charge < -0.3 is 10.6 Å². The molecule has 0 aliphatic rings. The second-order valence-electron chi connectivity index (χ2n) is 5.63. The smallest absolute Gasteiger partial charge is 0.255 e. The molecule has 0 saturated carbocycles. The molecule has 0 unspecified atom stereocenters. The molecule has 1 heterocycles. The van der Waals surface area contributed by atoms with Gasteiger partial charge in [0.1, 0.15) is 11.6 Å². The minimum Gasteiger partial charge on any atom is -0.372 e. The van der Waals surface area contributed by atoms with Crippen LogP contribution in [0.3, 0.4) is 0 Å². The highest BCUT2D eigenvalue weighted by Gasteiger charge is 2.24. The molecule has 0 radical (unpaired) electrons. The van der Waals surface area contributed by atoms with Crippen LogP contribution in [-0.4, -0.2) is 24.5 Å². The second-order valence-corrected chi connectivity index (χ2v) is 5.63. The molecule has 0 atom stereocenters. The van der Waals surface area contributed by atoms with Crippen LogP contribution in [0.2, 0.25) is 0 Å². The number of pyridine rings is 1. The highest BCUT2D eigenvalue weighted by atomic mass is 19.1. The number of nitrogens with one attached hydrogen (secondary N) is 2. The molecule has 1 aromatic rings. The summed E-state index contributed by atoms with van der Waals surface area (Å²) >= 11 is 0. The Kier molecular flexibility index (Phi) is 4.86. The summed E-state index contributed by atoms with van der Waals surface area (Å²) in [5.74, 6) is -0.0270. The maximum absolute atomic E-state index is 13.2. The molecule has 1 rings (SSSR count). The lowest BCUT2D eigenvalue weighted by Gasteiger charge is -2.29. The van der Waals surface area contributed by atoms with E-state index in [1.54, 1.807) is 7.05 Å². The lowest BCUT2D eigenvalue weighted by Crippen LogP contribution is -2.37. The molecular weight excluding hydrogens is 245 g/mol. The molecule has 19 heavy (non-hydrogen) atoms. The number of rotatable bonds is 5. The van der Waals surface area contributed by atoms with Crippen molar-refractivity contribution in [3.05, 3.63) is 23.6 Å². The summed E-state index contributed by atoms with van der Waals surface area (Å²) in [7, 11) is 1.65. The minimum absolute atomic E-state index is 0.0176. The highest BCUT2D eigenvalue weighted by molar-refractivity contribution is 5.98. The van der Waals surface area contributed by atoms with Gasteiger partial charge in [0, 0.05) is 13.6 Å². The summed E-state index contributed by atoms with van der Waals surface area (Å²) in [5, 5.41) is 5.62. The van der Waals surface area contributed by atoms with E-state index in [0.717, 1.165) is 6.20 Å². The Labute approximate surface area is 113 Å². The zero-order valence-electron chi connectivity index (χ0n) is 12.2. The SMILES string of the molecule is CNc1ncc(F)cc1C(=O)NCC(C)(C)C(C)C. The van der Waals surface area contributed by atoms with E-state index in [1.165, 1.54) is 6.07 Å². The molecule has 0 aliphatic carbocycles. The van der Waals surface area contributed by atoms with Crippen molar-refractivity contribution in [2.24, 2.45) is 11.3 Å². The summed E-state index contributed by atoms with van der Waals surface area (Å²) in [4.78, 5) is 15.9. The van der Waals surface area contributed by atoms with Crippen molar-refractivity contribution in [3.63, 3.8) is 0 Å². The van der Waals surface area contributed by atoms with Gasteiger partial charge in [-0.25, -0.2) is 9.37 Å². The Balaban J connectivity index is 2.82. The summed E-state index contributed by atoms with van der Waals surface area (Å²) in [6.07, 6.45) is 1.08. The number of hydrogen-bond donors (Lipinski definition) is 2. The summed E-state index contributed by atoms with van der Waals surface area (Å²) in [5.41, 5.74) is 0.206. The number of carbonyl (C=O) groups is 1. The van der Waals surface area contributed by atoms with Crippen LogP contribution in [-0.2, 0) is 0 Å². The van der Waals surface area contributed by atoms with Gasteiger partial charge in [0.15, 0.2) is 0 Å². The van der Waals surface area contributed by atoms with Crippen molar-refractivity contribution < 1.29 is 9.18 Å². The Hall–Kier alpha value is -1.65. The average molecular weight is 267 g/mol. The van der Waals surface area contributed by atoms with Crippen LogP contribution in [0.4, 0.5) is 10.2 Å². The number of anilines is 1. The van der Waals surface area contributed by atoms with Gasteiger partial charge in [-0.05, 0) is 17.4 Å². The molecule has 0 aliphatic heterocycles. The number of carbonyl (C=O) groups excluding carboxylic acids is 1. The monoisotopic (exact) mass is 267 g/mol. The van der Waals surface area contributed by atoms with Gasteiger partial charge in [0.25, 0.3) is 5.91 Å². The molecule has 0 spiro atoms. The van der Waals surface area contributed by atoms with Crippen molar-refractivity contribution in [2.75, 3.05) is 18.9 Å². The fourth-order valence-electron chi connectivity index (χ4n) is 1.42. The van der Waals surface area contributed by atoms with Gasteiger partial charge in [-0.3, -0.25) is 4.79 Å². The summed E-state index contributed by atoms with van der Waals surface area (Å²) < 4.78 is 13.2. The second kappa shape index (κ2) is 5.99. The number of hydrogen-bond acceptors (Lipinski definition) is 3. The number of nitrogens with zero attached hydrogens (tertiary/aromatic N) is 1. The number of amides is 1. The maximum atomic E-state index is 13.2. The van der Waals surface area contributed by atoms with Crippen LogP contribution in [0, 0.1) is 17.2 Å². The van der Waals surface area contributed by atoms with Crippen molar-refractivity contribution in [3.8, 4) is 0 Å². The van der Waals surface area contributed by atoms with Gasteiger partial charge in [0.05, 0.1) is 11.8 Å². The van der Waals surface area contributed by atoms with Crippen LogP contribution >= 0.6 is 0 Å². The van der Waals surface area contributed by atoms with Crippen molar-refractivity contribution in [1.82, 2.24) is 10.3 Å². The van der Waals surface area contributed by atoms with E-state index in [4.69, 9.17) is 0 Å². The molecular formula is C14H22FN3O. The van der Waals surface area contributed by atoms with Crippen molar-refractivity contribution >= 4 is 11.7 Å². The largest absolute Gasteiger partial charge is 0.372 e. The lowest BCUT2D eigenvalue weighted by molar-refractivity contribution is 0.0925. The van der Waals surface area contributed by atoms with E-state index < -0.39 is 5.82 Å². The van der Waals surface area contributed by atoms with Crippen molar-refractivity contribution in [2.45, 2.75) is 27.7 Å². The van der Waals surface area contributed by atoms with Gasteiger partial charge in [0.2, 0.25) is 0 Å². The number of halogens is 1. The third-order valence-electron chi connectivity index (χ3n) is 3.60. The molecule has 0 fully saturated rings. The molecule has 1 amide bonds. The quantitative estimate of drug-likeness (QED) is 0.862. The van der Waals surface area contributed by atoms with E-state index in [9.17, 15) is 9.18 Å². The fraction of sp³-hybridized carbons (Fsp3) is 0.571. The molecule has 0 saturated heterocycles. The predicted molar refractivity (Wildman–Crippen MR) is 74.7 cm³/mol. The zero-order valence-corrected chi connectivity index (χ0v) is 12.2. The average Bonchev–Trinajstić information content (AvgIpc) is 2.35. The molecule has 2 N–H and O–H groups in total. The van der Waals surface area contributed by atoms with Gasteiger partial charge in [-0.2, -0.15) is 0 Å². The van der Waals surface area contributed by atoms with Crippen LogP contribution < -0.4 is 10.6 Å². The van der Waals surface area contributed by atoms with Gasteiger partial charge >= 0.3 is 0 Å². The third kappa shape index (κ3) is 3.91. The topological polar surface area (TPSA) is 54.0 Å². The normalized spacial score (nSPS) is 11.5.